The van der Waals surface area contributed by atoms with E-state index in [2.05, 4.69) is 35.3 Å². The summed E-state index contributed by atoms with van der Waals surface area (Å²) < 4.78 is 1.81. The molecule has 0 fully saturated rings. The fourth-order valence-electron chi connectivity index (χ4n) is 1.96. The number of rotatable bonds is 3. The van der Waals surface area contributed by atoms with Gasteiger partial charge < -0.3 is 5.32 Å². The molecule has 0 atom stereocenters. The Balaban J connectivity index is 1.78. The second-order valence-electron chi connectivity index (χ2n) is 4.75. The van der Waals surface area contributed by atoms with E-state index in [9.17, 15) is 0 Å². The minimum Gasteiger partial charge on any atom is -0.348 e. The molecule has 0 aliphatic carbocycles. The van der Waals surface area contributed by atoms with Gasteiger partial charge in [-0.3, -0.25) is 0 Å². The first-order valence-electron chi connectivity index (χ1n) is 6.24. The number of hydrogen-bond donors (Lipinski definition) is 1. The van der Waals surface area contributed by atoms with Crippen LogP contribution in [0.5, 0.6) is 0 Å². The SMILES string of the molecule is Cc1ccc2nc(NCc3cc(C)c(C)s3)nn2c1. The highest BCUT2D eigenvalue weighted by molar-refractivity contribution is 7.12. The van der Waals surface area contributed by atoms with Gasteiger partial charge in [0.25, 0.3) is 0 Å². The van der Waals surface area contributed by atoms with Crippen molar-refractivity contribution in [1.29, 1.82) is 0 Å². The Labute approximate surface area is 116 Å². The van der Waals surface area contributed by atoms with E-state index in [4.69, 9.17) is 0 Å². The second kappa shape index (κ2) is 4.66. The molecule has 3 heterocycles. The van der Waals surface area contributed by atoms with Crippen molar-refractivity contribution in [3.63, 3.8) is 0 Å². The van der Waals surface area contributed by atoms with Crippen LogP contribution in [0.1, 0.15) is 20.9 Å². The smallest absolute Gasteiger partial charge is 0.243 e. The number of hydrogen-bond acceptors (Lipinski definition) is 4. The van der Waals surface area contributed by atoms with Crippen molar-refractivity contribution in [1.82, 2.24) is 14.6 Å². The lowest BCUT2D eigenvalue weighted by molar-refractivity contribution is 0.944. The Bertz CT molecular complexity index is 707. The van der Waals surface area contributed by atoms with Gasteiger partial charge in [0.05, 0.1) is 6.54 Å². The summed E-state index contributed by atoms with van der Waals surface area (Å²) in [6.07, 6.45) is 1.98. The van der Waals surface area contributed by atoms with Gasteiger partial charge in [-0.15, -0.1) is 16.4 Å². The third-order valence-electron chi connectivity index (χ3n) is 3.12. The van der Waals surface area contributed by atoms with Crippen molar-refractivity contribution in [3.8, 4) is 0 Å². The summed E-state index contributed by atoms with van der Waals surface area (Å²) in [6.45, 7) is 7.11. The summed E-state index contributed by atoms with van der Waals surface area (Å²) in [4.78, 5) is 7.12. The number of pyridine rings is 1. The quantitative estimate of drug-likeness (QED) is 0.795. The molecule has 0 aliphatic heterocycles. The van der Waals surface area contributed by atoms with Crippen LogP contribution in [-0.4, -0.2) is 14.6 Å². The van der Waals surface area contributed by atoms with Gasteiger partial charge in [0.2, 0.25) is 5.95 Å². The molecule has 19 heavy (non-hydrogen) atoms. The minimum absolute atomic E-state index is 0.675. The number of anilines is 1. The highest BCUT2D eigenvalue weighted by Gasteiger charge is 2.05. The molecular weight excluding hydrogens is 256 g/mol. The van der Waals surface area contributed by atoms with Gasteiger partial charge in [-0.1, -0.05) is 6.07 Å². The van der Waals surface area contributed by atoms with Crippen LogP contribution in [0, 0.1) is 20.8 Å². The largest absolute Gasteiger partial charge is 0.348 e. The summed E-state index contributed by atoms with van der Waals surface area (Å²) in [6, 6.07) is 6.24. The molecule has 0 saturated carbocycles. The molecular formula is C14H16N4S. The Morgan fingerprint density at radius 3 is 2.84 bits per heavy atom. The first kappa shape index (κ1) is 12.2. The first-order chi connectivity index (χ1) is 9.11. The molecule has 3 rings (SSSR count). The van der Waals surface area contributed by atoms with E-state index < -0.39 is 0 Å². The topological polar surface area (TPSA) is 42.2 Å². The predicted octanol–water partition coefficient (Wildman–Crippen LogP) is 3.33. The number of thiophene rings is 1. The molecule has 3 aromatic heterocycles. The zero-order chi connectivity index (χ0) is 13.4. The van der Waals surface area contributed by atoms with Crippen molar-refractivity contribution in [2.75, 3.05) is 5.32 Å². The molecule has 5 heteroatoms. The van der Waals surface area contributed by atoms with Crippen LogP contribution in [0.3, 0.4) is 0 Å². The van der Waals surface area contributed by atoms with E-state index in [1.165, 1.54) is 20.9 Å². The van der Waals surface area contributed by atoms with Gasteiger partial charge >= 0.3 is 0 Å². The molecule has 0 amide bonds. The lowest BCUT2D eigenvalue weighted by Crippen LogP contribution is -1.99. The molecule has 98 valence electrons. The van der Waals surface area contributed by atoms with Crippen molar-refractivity contribution in [2.24, 2.45) is 0 Å². The molecule has 3 aromatic rings. The minimum atomic E-state index is 0.675. The summed E-state index contributed by atoms with van der Waals surface area (Å²) in [5.74, 6) is 0.675. The van der Waals surface area contributed by atoms with Crippen LogP contribution in [0.15, 0.2) is 24.4 Å². The van der Waals surface area contributed by atoms with E-state index in [1.54, 1.807) is 0 Å². The molecule has 0 unspecified atom stereocenters. The lowest BCUT2D eigenvalue weighted by atomic mass is 10.3. The number of aromatic nitrogens is 3. The predicted molar refractivity (Wildman–Crippen MR) is 78.8 cm³/mol. The number of nitrogens with one attached hydrogen (secondary N) is 1. The van der Waals surface area contributed by atoms with Crippen molar-refractivity contribution in [3.05, 3.63) is 45.3 Å². The second-order valence-corrected chi connectivity index (χ2v) is 6.09. The standard InChI is InChI=1S/C14H16N4S/c1-9-4-5-13-16-14(17-18(13)8-9)15-7-12-6-10(2)11(3)19-12/h4-6,8H,7H2,1-3H3,(H,15,17). The molecule has 1 N–H and O–H groups in total. The first-order valence-corrected chi connectivity index (χ1v) is 7.06. The molecule has 4 nitrogen and oxygen atoms in total. The van der Waals surface area contributed by atoms with Crippen LogP contribution in [-0.2, 0) is 6.54 Å². The summed E-state index contributed by atoms with van der Waals surface area (Å²) >= 11 is 1.82. The monoisotopic (exact) mass is 272 g/mol. The highest BCUT2D eigenvalue weighted by Crippen LogP contribution is 2.21. The van der Waals surface area contributed by atoms with Crippen molar-refractivity contribution >= 4 is 22.9 Å². The van der Waals surface area contributed by atoms with Crippen molar-refractivity contribution < 1.29 is 0 Å². The van der Waals surface area contributed by atoms with E-state index in [0.29, 0.717) is 5.95 Å². The van der Waals surface area contributed by atoms with Crippen LogP contribution in [0.25, 0.3) is 5.65 Å². The molecule has 0 aliphatic rings. The molecule has 0 bridgehead atoms. The summed E-state index contributed by atoms with van der Waals surface area (Å²) in [5, 5.41) is 7.69. The van der Waals surface area contributed by atoms with E-state index in [0.717, 1.165) is 12.2 Å². The maximum atomic E-state index is 4.44. The van der Waals surface area contributed by atoms with E-state index in [1.807, 2.05) is 41.1 Å². The fraction of sp³-hybridized carbons (Fsp3) is 0.286. The van der Waals surface area contributed by atoms with Crippen LogP contribution in [0.2, 0.25) is 0 Å². The Hall–Kier alpha value is -1.88. The van der Waals surface area contributed by atoms with Crippen LogP contribution < -0.4 is 5.32 Å². The number of nitrogens with zero attached hydrogens (tertiary/aromatic N) is 3. The van der Waals surface area contributed by atoms with Gasteiger partial charge in [0.1, 0.15) is 0 Å². The molecule has 0 aromatic carbocycles. The number of fused-ring (bicyclic) bond motifs is 1. The molecule has 0 radical (unpaired) electrons. The maximum Gasteiger partial charge on any atom is 0.243 e. The van der Waals surface area contributed by atoms with Gasteiger partial charge in [-0.25, -0.2) is 4.52 Å². The third kappa shape index (κ3) is 2.46. The van der Waals surface area contributed by atoms with Gasteiger partial charge in [-0.05, 0) is 44.0 Å². The summed E-state index contributed by atoms with van der Waals surface area (Å²) in [7, 11) is 0. The molecule has 0 saturated heterocycles. The molecule has 0 spiro atoms. The lowest BCUT2D eigenvalue weighted by Gasteiger charge is -1.97. The summed E-state index contributed by atoms with van der Waals surface area (Å²) in [5.41, 5.74) is 3.39. The zero-order valence-corrected chi connectivity index (χ0v) is 12.1. The normalized spacial score (nSPS) is 11.1. The van der Waals surface area contributed by atoms with Crippen LogP contribution >= 0.6 is 11.3 Å². The Kier molecular flexibility index (Phi) is 2.98. The third-order valence-corrected chi connectivity index (χ3v) is 4.27. The zero-order valence-electron chi connectivity index (χ0n) is 11.3. The van der Waals surface area contributed by atoms with Gasteiger partial charge in [-0.2, -0.15) is 4.98 Å². The Morgan fingerprint density at radius 2 is 2.11 bits per heavy atom. The van der Waals surface area contributed by atoms with Crippen LogP contribution in [0.4, 0.5) is 5.95 Å². The van der Waals surface area contributed by atoms with E-state index >= 15 is 0 Å². The van der Waals surface area contributed by atoms with Gasteiger partial charge in [0.15, 0.2) is 5.65 Å². The average molecular weight is 272 g/mol. The number of aryl methyl sites for hydroxylation is 3. The fourth-order valence-corrected chi connectivity index (χ4v) is 2.96. The Morgan fingerprint density at radius 1 is 1.26 bits per heavy atom. The van der Waals surface area contributed by atoms with E-state index in [-0.39, 0.29) is 0 Å². The highest BCUT2D eigenvalue weighted by atomic mass is 32.1. The van der Waals surface area contributed by atoms with Gasteiger partial charge in [0, 0.05) is 16.0 Å². The maximum absolute atomic E-state index is 4.44. The van der Waals surface area contributed by atoms with Crippen molar-refractivity contribution in [2.45, 2.75) is 27.3 Å². The average Bonchev–Trinajstić information content (AvgIpc) is 2.90.